The summed E-state index contributed by atoms with van der Waals surface area (Å²) in [7, 11) is 0. The molecular formula is C15H22Cl2N2O2. The first-order valence-electron chi connectivity index (χ1n) is 6.97. The van der Waals surface area contributed by atoms with Crippen LogP contribution in [0.5, 0.6) is 5.75 Å². The lowest BCUT2D eigenvalue weighted by atomic mass is 10.1. The van der Waals surface area contributed by atoms with Crippen molar-refractivity contribution in [3.63, 3.8) is 0 Å². The average Bonchev–Trinajstić information content (AvgIpc) is 2.40. The molecule has 21 heavy (non-hydrogen) atoms. The Hall–Kier alpha value is -0.970. The number of carbonyl (C=O) groups excluding carboxylic acids is 1. The molecule has 1 atom stereocenters. The van der Waals surface area contributed by atoms with E-state index in [0.29, 0.717) is 33.8 Å². The van der Waals surface area contributed by atoms with Crippen LogP contribution in [0.15, 0.2) is 12.1 Å². The third kappa shape index (κ3) is 5.73. The summed E-state index contributed by atoms with van der Waals surface area (Å²) in [6, 6.07) is 3.26. The second-order valence-electron chi connectivity index (χ2n) is 5.31. The van der Waals surface area contributed by atoms with Crippen LogP contribution < -0.4 is 15.8 Å². The highest BCUT2D eigenvalue weighted by Gasteiger charge is 2.18. The number of hydrogen-bond acceptors (Lipinski definition) is 3. The molecule has 0 bridgehead atoms. The van der Waals surface area contributed by atoms with Crippen molar-refractivity contribution in [1.29, 1.82) is 0 Å². The molecule has 0 aromatic heterocycles. The largest absolute Gasteiger partial charge is 0.479 e. The van der Waals surface area contributed by atoms with E-state index in [1.165, 1.54) is 0 Å². The van der Waals surface area contributed by atoms with E-state index in [9.17, 15) is 4.79 Å². The third-order valence-electron chi connectivity index (χ3n) is 2.99. The summed E-state index contributed by atoms with van der Waals surface area (Å²) < 4.78 is 5.66. The predicted octanol–water partition coefficient (Wildman–Crippen LogP) is 3.38. The first kappa shape index (κ1) is 18.1. The normalized spacial score (nSPS) is 12.3. The lowest BCUT2D eigenvalue weighted by molar-refractivity contribution is -0.127. The van der Waals surface area contributed by atoms with Crippen molar-refractivity contribution in [2.45, 2.75) is 39.8 Å². The van der Waals surface area contributed by atoms with Gasteiger partial charge in [-0.05, 0) is 31.4 Å². The molecule has 0 saturated carbocycles. The summed E-state index contributed by atoms with van der Waals surface area (Å²) in [4.78, 5) is 12.0. The molecule has 1 amide bonds. The standard InChI is InChI=1S/C15H22Cl2N2O2/c1-9(2)4-5-19-15(20)10(3)21-14-11(8-18)6-12(16)7-13(14)17/h6-7,9-10H,4-5,8,18H2,1-3H3,(H,19,20). The molecule has 0 fully saturated rings. The minimum absolute atomic E-state index is 0.176. The predicted molar refractivity (Wildman–Crippen MR) is 86.9 cm³/mol. The molecule has 0 heterocycles. The van der Waals surface area contributed by atoms with E-state index in [-0.39, 0.29) is 12.5 Å². The second kappa shape index (κ2) is 8.47. The van der Waals surface area contributed by atoms with Gasteiger partial charge in [0.25, 0.3) is 5.91 Å². The van der Waals surface area contributed by atoms with Gasteiger partial charge in [0.05, 0.1) is 5.02 Å². The number of carbonyl (C=O) groups is 1. The quantitative estimate of drug-likeness (QED) is 0.804. The first-order chi connectivity index (χ1) is 9.85. The molecule has 1 aromatic rings. The van der Waals surface area contributed by atoms with Crippen LogP contribution in [0.25, 0.3) is 0 Å². The van der Waals surface area contributed by atoms with E-state index < -0.39 is 6.10 Å². The van der Waals surface area contributed by atoms with Gasteiger partial charge in [-0.25, -0.2) is 0 Å². The van der Waals surface area contributed by atoms with E-state index >= 15 is 0 Å². The molecule has 0 aliphatic carbocycles. The maximum absolute atomic E-state index is 12.0. The van der Waals surface area contributed by atoms with Gasteiger partial charge in [0.15, 0.2) is 6.10 Å². The number of halogens is 2. The summed E-state index contributed by atoms with van der Waals surface area (Å²) in [5.74, 6) is 0.774. The van der Waals surface area contributed by atoms with Crippen LogP contribution in [0.4, 0.5) is 0 Å². The maximum Gasteiger partial charge on any atom is 0.260 e. The zero-order valence-electron chi connectivity index (χ0n) is 12.6. The molecule has 0 aliphatic rings. The van der Waals surface area contributed by atoms with Crippen molar-refractivity contribution in [3.05, 3.63) is 27.7 Å². The van der Waals surface area contributed by atoms with Gasteiger partial charge >= 0.3 is 0 Å². The van der Waals surface area contributed by atoms with Crippen LogP contribution in [0.2, 0.25) is 10.0 Å². The van der Waals surface area contributed by atoms with Crippen molar-refractivity contribution in [3.8, 4) is 5.75 Å². The summed E-state index contributed by atoms with van der Waals surface area (Å²) in [5.41, 5.74) is 6.33. The van der Waals surface area contributed by atoms with Crippen LogP contribution in [0, 0.1) is 5.92 Å². The summed E-state index contributed by atoms with van der Waals surface area (Å²) in [5, 5.41) is 3.68. The summed E-state index contributed by atoms with van der Waals surface area (Å²) in [6.45, 7) is 6.75. The topological polar surface area (TPSA) is 64.3 Å². The van der Waals surface area contributed by atoms with Gasteiger partial charge in [0, 0.05) is 23.7 Å². The van der Waals surface area contributed by atoms with E-state index in [1.807, 2.05) is 0 Å². The number of nitrogens with one attached hydrogen (secondary N) is 1. The van der Waals surface area contributed by atoms with E-state index in [0.717, 1.165) is 6.42 Å². The minimum Gasteiger partial charge on any atom is -0.479 e. The number of nitrogens with two attached hydrogens (primary N) is 1. The molecule has 1 rings (SSSR count). The number of benzene rings is 1. The number of amides is 1. The Morgan fingerprint density at radius 3 is 2.57 bits per heavy atom. The highest BCUT2D eigenvalue weighted by molar-refractivity contribution is 6.35. The molecule has 0 saturated heterocycles. The zero-order chi connectivity index (χ0) is 16.0. The lowest BCUT2D eigenvalue weighted by Crippen LogP contribution is -2.37. The fourth-order valence-electron chi connectivity index (χ4n) is 1.76. The third-order valence-corrected chi connectivity index (χ3v) is 3.49. The molecule has 0 aliphatic heterocycles. The number of hydrogen-bond donors (Lipinski definition) is 2. The Balaban J connectivity index is 2.70. The van der Waals surface area contributed by atoms with Crippen LogP contribution in [-0.2, 0) is 11.3 Å². The van der Waals surface area contributed by atoms with Gasteiger partial charge in [-0.1, -0.05) is 37.0 Å². The van der Waals surface area contributed by atoms with Crippen molar-refractivity contribution in [2.24, 2.45) is 11.7 Å². The molecular weight excluding hydrogens is 311 g/mol. The van der Waals surface area contributed by atoms with E-state index in [2.05, 4.69) is 19.2 Å². The number of ether oxygens (including phenoxy) is 1. The fourth-order valence-corrected chi connectivity index (χ4v) is 2.34. The Bertz CT molecular complexity index is 493. The van der Waals surface area contributed by atoms with Gasteiger partial charge in [0.2, 0.25) is 0 Å². The van der Waals surface area contributed by atoms with Crippen molar-refractivity contribution in [2.75, 3.05) is 6.54 Å². The molecule has 0 radical (unpaired) electrons. The molecule has 6 heteroatoms. The highest BCUT2D eigenvalue weighted by Crippen LogP contribution is 2.32. The molecule has 118 valence electrons. The van der Waals surface area contributed by atoms with Gasteiger partial charge in [-0.2, -0.15) is 0 Å². The van der Waals surface area contributed by atoms with E-state index in [1.54, 1.807) is 19.1 Å². The average molecular weight is 333 g/mol. The Morgan fingerprint density at radius 2 is 2.00 bits per heavy atom. The molecule has 3 N–H and O–H groups in total. The van der Waals surface area contributed by atoms with Crippen LogP contribution in [0.3, 0.4) is 0 Å². The van der Waals surface area contributed by atoms with Crippen molar-refractivity contribution >= 4 is 29.1 Å². The zero-order valence-corrected chi connectivity index (χ0v) is 14.1. The molecule has 1 aromatic carbocycles. The minimum atomic E-state index is -0.652. The first-order valence-corrected chi connectivity index (χ1v) is 7.73. The number of rotatable bonds is 7. The van der Waals surface area contributed by atoms with Crippen LogP contribution in [0.1, 0.15) is 32.8 Å². The Labute approximate surface area is 135 Å². The van der Waals surface area contributed by atoms with Crippen molar-refractivity contribution in [1.82, 2.24) is 5.32 Å². The fraction of sp³-hybridized carbons (Fsp3) is 0.533. The highest BCUT2D eigenvalue weighted by atomic mass is 35.5. The van der Waals surface area contributed by atoms with Gasteiger partial charge in [0.1, 0.15) is 5.75 Å². The Kier molecular flexibility index (Phi) is 7.29. The summed E-state index contributed by atoms with van der Waals surface area (Å²) >= 11 is 12.0. The van der Waals surface area contributed by atoms with Crippen molar-refractivity contribution < 1.29 is 9.53 Å². The van der Waals surface area contributed by atoms with Crippen LogP contribution in [-0.4, -0.2) is 18.6 Å². The van der Waals surface area contributed by atoms with Crippen LogP contribution >= 0.6 is 23.2 Å². The monoisotopic (exact) mass is 332 g/mol. The van der Waals surface area contributed by atoms with Gasteiger partial charge in [-0.3, -0.25) is 4.79 Å². The Morgan fingerprint density at radius 1 is 1.33 bits per heavy atom. The molecule has 1 unspecified atom stereocenters. The van der Waals surface area contributed by atoms with Gasteiger partial charge < -0.3 is 15.8 Å². The molecule has 4 nitrogen and oxygen atoms in total. The second-order valence-corrected chi connectivity index (χ2v) is 6.16. The van der Waals surface area contributed by atoms with E-state index in [4.69, 9.17) is 33.7 Å². The summed E-state index contributed by atoms with van der Waals surface area (Å²) in [6.07, 6.45) is 0.273. The maximum atomic E-state index is 12.0. The SMILES string of the molecule is CC(C)CCNC(=O)C(C)Oc1c(Cl)cc(Cl)cc1CN. The smallest absolute Gasteiger partial charge is 0.260 e. The molecule has 0 spiro atoms. The van der Waals surface area contributed by atoms with Gasteiger partial charge in [-0.15, -0.1) is 0 Å². The lowest BCUT2D eigenvalue weighted by Gasteiger charge is -2.18.